The van der Waals surface area contributed by atoms with Crippen molar-refractivity contribution in [2.24, 2.45) is 0 Å². The molecule has 3 nitrogen and oxygen atoms in total. The minimum absolute atomic E-state index is 0.0313. The smallest absolute Gasteiger partial charge is 0.156 e. The number of sulfone groups is 1. The van der Waals surface area contributed by atoms with E-state index >= 15 is 0 Å². The maximum Gasteiger partial charge on any atom is 0.156 e. The van der Waals surface area contributed by atoms with E-state index in [1.165, 1.54) is 18.2 Å². The lowest BCUT2D eigenvalue weighted by Crippen LogP contribution is -2.21. The molecule has 0 saturated carbocycles. The normalized spacial score (nSPS) is 20.6. The van der Waals surface area contributed by atoms with Crippen LogP contribution in [0.1, 0.15) is 18.4 Å². The molecule has 1 fully saturated rings. The van der Waals surface area contributed by atoms with Gasteiger partial charge in [0.05, 0.1) is 17.6 Å². The van der Waals surface area contributed by atoms with Gasteiger partial charge in [-0.05, 0) is 30.5 Å². The highest BCUT2D eigenvalue weighted by atomic mass is 32.2. The van der Waals surface area contributed by atoms with Gasteiger partial charge in [-0.1, -0.05) is 12.1 Å². The van der Waals surface area contributed by atoms with Crippen molar-refractivity contribution in [3.8, 4) is 0 Å². The fourth-order valence-electron chi connectivity index (χ4n) is 2.00. The van der Waals surface area contributed by atoms with Gasteiger partial charge in [0.25, 0.3) is 0 Å². The van der Waals surface area contributed by atoms with Crippen LogP contribution in [0.4, 0.5) is 4.39 Å². The van der Waals surface area contributed by atoms with E-state index in [4.69, 9.17) is 4.74 Å². The van der Waals surface area contributed by atoms with Gasteiger partial charge in [0.2, 0.25) is 0 Å². The molecule has 0 bridgehead atoms. The molecule has 17 heavy (non-hydrogen) atoms. The third kappa shape index (κ3) is 3.78. The van der Waals surface area contributed by atoms with Crippen molar-refractivity contribution < 1.29 is 17.5 Å². The van der Waals surface area contributed by atoms with Crippen molar-refractivity contribution >= 4 is 9.84 Å². The van der Waals surface area contributed by atoms with Crippen LogP contribution in [0.15, 0.2) is 24.3 Å². The molecule has 1 heterocycles. The second kappa shape index (κ2) is 5.14. The van der Waals surface area contributed by atoms with Gasteiger partial charge in [-0.15, -0.1) is 0 Å². The summed E-state index contributed by atoms with van der Waals surface area (Å²) >= 11 is 0. The van der Waals surface area contributed by atoms with E-state index in [9.17, 15) is 12.8 Å². The van der Waals surface area contributed by atoms with Crippen LogP contribution in [0.3, 0.4) is 0 Å². The van der Waals surface area contributed by atoms with E-state index in [1.54, 1.807) is 6.07 Å². The molecule has 1 unspecified atom stereocenters. The summed E-state index contributed by atoms with van der Waals surface area (Å²) in [5.41, 5.74) is 0.489. The van der Waals surface area contributed by atoms with Gasteiger partial charge in [-0.25, -0.2) is 12.8 Å². The molecule has 1 saturated heterocycles. The molecule has 0 aliphatic carbocycles. The molecule has 0 radical (unpaired) electrons. The molecule has 94 valence electrons. The Balaban J connectivity index is 2.01. The highest BCUT2D eigenvalue weighted by Gasteiger charge is 2.23. The Bertz CT molecular complexity index is 478. The van der Waals surface area contributed by atoms with E-state index in [2.05, 4.69) is 0 Å². The number of hydrogen-bond acceptors (Lipinski definition) is 3. The summed E-state index contributed by atoms with van der Waals surface area (Å²) in [6.07, 6.45) is 1.52. The Morgan fingerprint density at radius 3 is 2.88 bits per heavy atom. The van der Waals surface area contributed by atoms with Crippen LogP contribution in [-0.4, -0.2) is 26.9 Å². The van der Waals surface area contributed by atoms with E-state index in [0.29, 0.717) is 12.2 Å². The summed E-state index contributed by atoms with van der Waals surface area (Å²) in [7, 11) is -3.23. The fourth-order valence-corrected chi connectivity index (χ4v) is 3.63. The molecule has 0 N–H and O–H groups in total. The molecule has 2 rings (SSSR count). The predicted molar refractivity (Wildman–Crippen MR) is 62.9 cm³/mol. The summed E-state index contributed by atoms with van der Waals surface area (Å²) in [5, 5.41) is 0. The minimum atomic E-state index is -3.23. The van der Waals surface area contributed by atoms with Gasteiger partial charge in [-0.2, -0.15) is 0 Å². The number of hydrogen-bond donors (Lipinski definition) is 0. The van der Waals surface area contributed by atoms with Crippen molar-refractivity contribution in [1.82, 2.24) is 0 Å². The van der Waals surface area contributed by atoms with Crippen LogP contribution >= 0.6 is 0 Å². The molecule has 1 aromatic rings. The first-order chi connectivity index (χ1) is 8.05. The van der Waals surface area contributed by atoms with E-state index < -0.39 is 15.7 Å². The van der Waals surface area contributed by atoms with Crippen LogP contribution in [0, 0.1) is 5.82 Å². The number of ether oxygens (including phenoxy) is 1. The summed E-state index contributed by atoms with van der Waals surface area (Å²) in [6.45, 7) is 0.639. The summed E-state index contributed by atoms with van der Waals surface area (Å²) in [6, 6.07) is 5.70. The van der Waals surface area contributed by atoms with Crippen molar-refractivity contribution in [1.29, 1.82) is 0 Å². The Morgan fingerprint density at radius 2 is 2.24 bits per heavy atom. The average Bonchev–Trinajstić information content (AvgIpc) is 2.68. The molecule has 1 aliphatic rings. The zero-order chi connectivity index (χ0) is 12.3. The van der Waals surface area contributed by atoms with Crippen molar-refractivity contribution in [2.45, 2.75) is 24.7 Å². The third-order valence-corrected chi connectivity index (χ3v) is 4.39. The van der Waals surface area contributed by atoms with Gasteiger partial charge in [0.15, 0.2) is 9.84 Å². The Labute approximate surface area is 101 Å². The lowest BCUT2D eigenvalue weighted by molar-refractivity contribution is 0.127. The lowest BCUT2D eigenvalue weighted by atomic mass is 10.2. The lowest BCUT2D eigenvalue weighted by Gasteiger charge is -2.10. The van der Waals surface area contributed by atoms with Gasteiger partial charge < -0.3 is 4.74 Å². The summed E-state index contributed by atoms with van der Waals surface area (Å²) < 4.78 is 42.0. The molecule has 0 aromatic heterocycles. The molecule has 1 aliphatic heterocycles. The quantitative estimate of drug-likeness (QED) is 0.828. The standard InChI is InChI=1S/C12H15FO3S/c13-11-4-1-3-10(7-11)8-17(14,15)9-12-5-2-6-16-12/h1,3-4,7,12H,2,5-6,8-9H2. The minimum Gasteiger partial charge on any atom is -0.377 e. The monoisotopic (exact) mass is 258 g/mol. The van der Waals surface area contributed by atoms with E-state index in [-0.39, 0.29) is 17.6 Å². The van der Waals surface area contributed by atoms with Gasteiger partial charge in [-0.3, -0.25) is 0 Å². The van der Waals surface area contributed by atoms with Crippen LogP contribution in [0.2, 0.25) is 0 Å². The number of benzene rings is 1. The second-order valence-electron chi connectivity index (χ2n) is 4.32. The SMILES string of the molecule is O=S(=O)(Cc1cccc(F)c1)CC1CCCO1. The molecule has 1 aromatic carbocycles. The molecular formula is C12H15FO3S. The first-order valence-corrected chi connectivity index (χ1v) is 7.44. The molecule has 0 amide bonds. The van der Waals surface area contributed by atoms with Crippen molar-refractivity contribution in [2.75, 3.05) is 12.4 Å². The van der Waals surface area contributed by atoms with Gasteiger partial charge >= 0.3 is 0 Å². The third-order valence-electron chi connectivity index (χ3n) is 2.74. The van der Waals surface area contributed by atoms with Crippen LogP contribution < -0.4 is 0 Å². The Hall–Kier alpha value is -0.940. The second-order valence-corrected chi connectivity index (χ2v) is 6.43. The highest BCUT2D eigenvalue weighted by Crippen LogP contribution is 2.16. The zero-order valence-electron chi connectivity index (χ0n) is 9.43. The van der Waals surface area contributed by atoms with Crippen LogP contribution in [-0.2, 0) is 20.3 Å². The number of halogens is 1. The Kier molecular flexibility index (Phi) is 3.79. The van der Waals surface area contributed by atoms with Crippen LogP contribution in [0.5, 0.6) is 0 Å². The Morgan fingerprint density at radius 1 is 1.41 bits per heavy atom. The first-order valence-electron chi connectivity index (χ1n) is 5.62. The predicted octanol–water partition coefficient (Wildman–Crippen LogP) is 1.92. The molecular weight excluding hydrogens is 243 g/mol. The molecule has 0 spiro atoms. The summed E-state index contributed by atoms with van der Waals surface area (Å²) in [4.78, 5) is 0. The van der Waals surface area contributed by atoms with Crippen molar-refractivity contribution in [3.63, 3.8) is 0 Å². The topological polar surface area (TPSA) is 43.4 Å². The van der Waals surface area contributed by atoms with Gasteiger partial charge in [0.1, 0.15) is 5.82 Å². The van der Waals surface area contributed by atoms with Gasteiger partial charge in [0, 0.05) is 6.61 Å². The highest BCUT2D eigenvalue weighted by molar-refractivity contribution is 7.90. The largest absolute Gasteiger partial charge is 0.377 e. The maximum absolute atomic E-state index is 12.9. The zero-order valence-corrected chi connectivity index (χ0v) is 10.2. The molecule has 1 atom stereocenters. The van der Waals surface area contributed by atoms with E-state index in [1.807, 2.05) is 0 Å². The number of rotatable bonds is 4. The maximum atomic E-state index is 12.9. The van der Waals surface area contributed by atoms with Crippen LogP contribution in [0.25, 0.3) is 0 Å². The van der Waals surface area contributed by atoms with Crippen molar-refractivity contribution in [3.05, 3.63) is 35.6 Å². The van der Waals surface area contributed by atoms with E-state index in [0.717, 1.165) is 12.8 Å². The average molecular weight is 258 g/mol. The molecule has 5 heteroatoms. The first kappa shape index (κ1) is 12.5. The fraction of sp³-hybridized carbons (Fsp3) is 0.500. The summed E-state index contributed by atoms with van der Waals surface area (Å²) in [5.74, 6) is -0.497.